The Morgan fingerprint density at radius 3 is 2.42 bits per heavy atom. The molecule has 6 heteroatoms. The first-order chi connectivity index (χ1) is 12.4. The molecule has 144 valence electrons. The van der Waals surface area contributed by atoms with Gasteiger partial charge in [-0.05, 0) is 24.3 Å². The number of nitrogens with one attached hydrogen (secondary N) is 2. The van der Waals surface area contributed by atoms with Crippen molar-refractivity contribution in [2.75, 3.05) is 6.54 Å². The zero-order valence-electron chi connectivity index (χ0n) is 15.9. The van der Waals surface area contributed by atoms with E-state index in [0.29, 0.717) is 12.8 Å². The molecule has 0 spiro atoms. The second-order valence-electron chi connectivity index (χ2n) is 6.75. The predicted octanol–water partition coefficient (Wildman–Crippen LogP) is 3.20. The summed E-state index contributed by atoms with van der Waals surface area (Å²) in [7, 11) is 0. The van der Waals surface area contributed by atoms with Crippen LogP contribution in [-0.2, 0) is 20.9 Å². The lowest BCUT2D eigenvalue weighted by Crippen LogP contribution is -2.48. The van der Waals surface area contributed by atoms with Crippen LogP contribution >= 0.6 is 0 Å². The molecule has 0 bridgehead atoms. The summed E-state index contributed by atoms with van der Waals surface area (Å²) in [6.07, 6.45) is 2.03. The van der Waals surface area contributed by atoms with E-state index in [0.717, 1.165) is 18.4 Å². The molecule has 0 aliphatic carbocycles. The fourth-order valence-electron chi connectivity index (χ4n) is 2.38. The van der Waals surface area contributed by atoms with Gasteiger partial charge in [0.2, 0.25) is 5.91 Å². The summed E-state index contributed by atoms with van der Waals surface area (Å²) in [5.74, 6) is -0.161. The zero-order valence-corrected chi connectivity index (χ0v) is 15.9. The molecule has 0 saturated carbocycles. The van der Waals surface area contributed by atoms with Gasteiger partial charge in [-0.15, -0.1) is 0 Å². The molecule has 2 N–H and O–H groups in total. The number of carbonyl (C=O) groups excluding carboxylic acids is 3. The molecule has 0 fully saturated rings. The Labute approximate surface area is 155 Å². The Bertz CT molecular complexity index is 572. The van der Waals surface area contributed by atoms with Crippen molar-refractivity contribution in [3.63, 3.8) is 0 Å². The summed E-state index contributed by atoms with van der Waals surface area (Å²) in [6.45, 7) is 6.06. The van der Waals surface area contributed by atoms with Crippen LogP contribution in [-0.4, -0.2) is 30.4 Å². The highest BCUT2D eigenvalue weighted by molar-refractivity contribution is 5.90. The van der Waals surface area contributed by atoms with E-state index in [4.69, 9.17) is 4.74 Å². The van der Waals surface area contributed by atoms with Crippen LogP contribution in [0, 0.1) is 5.92 Å². The van der Waals surface area contributed by atoms with Gasteiger partial charge in [0, 0.05) is 6.42 Å². The summed E-state index contributed by atoms with van der Waals surface area (Å²) >= 11 is 0. The van der Waals surface area contributed by atoms with Crippen LogP contribution in [0.1, 0.15) is 52.0 Å². The Morgan fingerprint density at radius 2 is 1.81 bits per heavy atom. The minimum atomic E-state index is -0.725. The van der Waals surface area contributed by atoms with Crippen molar-refractivity contribution in [3.8, 4) is 0 Å². The third-order valence-corrected chi connectivity index (χ3v) is 3.80. The number of rotatable bonds is 11. The monoisotopic (exact) mass is 362 g/mol. The van der Waals surface area contributed by atoms with Gasteiger partial charge in [0.1, 0.15) is 12.6 Å². The molecule has 0 unspecified atom stereocenters. The molecule has 0 aliphatic heterocycles. The summed E-state index contributed by atoms with van der Waals surface area (Å²) in [4.78, 5) is 36.1. The Kier molecular flexibility index (Phi) is 10.1. The van der Waals surface area contributed by atoms with Crippen molar-refractivity contribution in [2.24, 2.45) is 5.92 Å². The fourth-order valence-corrected chi connectivity index (χ4v) is 2.38. The number of ketones is 1. The number of Topliss-reactive ketones (excluding diaryl/α,β-unsaturated/α-hetero) is 1. The second kappa shape index (κ2) is 12.1. The maximum Gasteiger partial charge on any atom is 0.408 e. The average Bonchev–Trinajstić information content (AvgIpc) is 2.62. The Morgan fingerprint density at radius 1 is 1.12 bits per heavy atom. The lowest BCUT2D eigenvalue weighted by molar-refractivity contribution is -0.126. The van der Waals surface area contributed by atoms with Crippen LogP contribution in [0.2, 0.25) is 0 Å². The number of alkyl carbamates (subject to hydrolysis) is 1. The summed E-state index contributed by atoms with van der Waals surface area (Å²) in [5.41, 5.74) is 0.869. The number of amides is 2. The highest BCUT2D eigenvalue weighted by Gasteiger charge is 2.23. The molecule has 0 radical (unpaired) electrons. The Balaban J connectivity index is 2.49. The molecule has 1 aromatic carbocycles. The van der Waals surface area contributed by atoms with Crippen molar-refractivity contribution in [2.45, 2.75) is 59.1 Å². The molecule has 1 aromatic rings. The van der Waals surface area contributed by atoms with Crippen LogP contribution in [0.25, 0.3) is 0 Å². The number of hydrogen-bond acceptors (Lipinski definition) is 4. The first-order valence-corrected chi connectivity index (χ1v) is 9.19. The highest BCUT2D eigenvalue weighted by atomic mass is 16.5. The molecule has 2 amide bonds. The van der Waals surface area contributed by atoms with Crippen LogP contribution in [0.15, 0.2) is 30.3 Å². The highest BCUT2D eigenvalue weighted by Crippen LogP contribution is 2.07. The van der Waals surface area contributed by atoms with Gasteiger partial charge in [0.15, 0.2) is 5.78 Å². The van der Waals surface area contributed by atoms with E-state index >= 15 is 0 Å². The van der Waals surface area contributed by atoms with Gasteiger partial charge in [-0.3, -0.25) is 9.59 Å². The van der Waals surface area contributed by atoms with Crippen molar-refractivity contribution in [1.82, 2.24) is 10.6 Å². The molecule has 0 aromatic heterocycles. The summed E-state index contributed by atoms with van der Waals surface area (Å²) in [5, 5.41) is 5.22. The lowest BCUT2D eigenvalue weighted by atomic mass is 10.0. The van der Waals surface area contributed by atoms with Crippen molar-refractivity contribution in [1.29, 1.82) is 0 Å². The van der Waals surface area contributed by atoms with Crippen LogP contribution < -0.4 is 10.6 Å². The third-order valence-electron chi connectivity index (χ3n) is 3.80. The smallest absolute Gasteiger partial charge is 0.408 e. The molecule has 1 rings (SSSR count). The normalized spacial score (nSPS) is 11.7. The topological polar surface area (TPSA) is 84.5 Å². The van der Waals surface area contributed by atoms with E-state index in [1.807, 2.05) is 51.1 Å². The van der Waals surface area contributed by atoms with Crippen LogP contribution in [0.5, 0.6) is 0 Å². The molecular weight excluding hydrogens is 332 g/mol. The molecule has 1 atom stereocenters. The number of hydrogen-bond donors (Lipinski definition) is 2. The van der Waals surface area contributed by atoms with Crippen molar-refractivity contribution in [3.05, 3.63) is 35.9 Å². The second-order valence-corrected chi connectivity index (χ2v) is 6.75. The minimum Gasteiger partial charge on any atom is -0.445 e. The van der Waals surface area contributed by atoms with Crippen molar-refractivity contribution < 1.29 is 19.1 Å². The van der Waals surface area contributed by atoms with E-state index in [-0.39, 0.29) is 30.8 Å². The number of ether oxygens (including phenoxy) is 1. The maximum absolute atomic E-state index is 12.3. The van der Waals surface area contributed by atoms with Gasteiger partial charge < -0.3 is 15.4 Å². The van der Waals surface area contributed by atoms with E-state index in [1.165, 1.54) is 0 Å². The average molecular weight is 362 g/mol. The van der Waals surface area contributed by atoms with Crippen molar-refractivity contribution >= 4 is 17.8 Å². The standard InChI is InChI=1S/C20H30N2O4/c1-4-5-11-17(23)13-21-19(24)18(12-15(2)3)22-20(25)26-14-16-9-7-6-8-10-16/h6-10,15,18H,4-5,11-14H2,1-3H3,(H,21,24)(H,22,25)/t18-/m0/s1. The molecule has 0 aliphatic rings. The SMILES string of the molecule is CCCCC(=O)CNC(=O)[C@H](CC(C)C)NC(=O)OCc1ccccc1. The lowest BCUT2D eigenvalue weighted by Gasteiger charge is -2.20. The zero-order chi connectivity index (χ0) is 19.4. The van der Waals surface area contributed by atoms with Crippen LogP contribution in [0.4, 0.5) is 4.79 Å². The molecule has 6 nitrogen and oxygen atoms in total. The van der Waals surface area contributed by atoms with E-state index in [2.05, 4.69) is 10.6 Å². The van der Waals surface area contributed by atoms with Gasteiger partial charge >= 0.3 is 6.09 Å². The molecule has 0 saturated heterocycles. The van der Waals surface area contributed by atoms with Gasteiger partial charge in [0.05, 0.1) is 6.54 Å². The van der Waals surface area contributed by atoms with Gasteiger partial charge in [-0.1, -0.05) is 57.5 Å². The summed E-state index contributed by atoms with van der Waals surface area (Å²) < 4.78 is 5.17. The Hall–Kier alpha value is -2.37. The largest absolute Gasteiger partial charge is 0.445 e. The first kappa shape index (κ1) is 21.7. The van der Waals surface area contributed by atoms with E-state index in [9.17, 15) is 14.4 Å². The van der Waals surface area contributed by atoms with Gasteiger partial charge in [-0.25, -0.2) is 4.79 Å². The van der Waals surface area contributed by atoms with Gasteiger partial charge in [0.25, 0.3) is 0 Å². The molecule has 0 heterocycles. The predicted molar refractivity (Wildman–Crippen MR) is 101 cm³/mol. The number of benzene rings is 1. The fraction of sp³-hybridized carbons (Fsp3) is 0.550. The van der Waals surface area contributed by atoms with Gasteiger partial charge in [-0.2, -0.15) is 0 Å². The molecule has 26 heavy (non-hydrogen) atoms. The first-order valence-electron chi connectivity index (χ1n) is 9.19. The maximum atomic E-state index is 12.3. The molecular formula is C20H30N2O4. The minimum absolute atomic E-state index is 0.00449. The van der Waals surface area contributed by atoms with E-state index < -0.39 is 12.1 Å². The third kappa shape index (κ3) is 9.20. The quantitative estimate of drug-likeness (QED) is 0.633. The van der Waals surface area contributed by atoms with Crippen LogP contribution in [0.3, 0.4) is 0 Å². The summed E-state index contributed by atoms with van der Waals surface area (Å²) in [6, 6.07) is 8.59. The number of unbranched alkanes of at least 4 members (excludes halogenated alkanes) is 1. The van der Waals surface area contributed by atoms with E-state index in [1.54, 1.807) is 0 Å². The number of carbonyl (C=O) groups is 3.